The van der Waals surface area contributed by atoms with E-state index in [0.29, 0.717) is 0 Å². The Morgan fingerprint density at radius 1 is 1.31 bits per heavy atom. The predicted octanol–water partition coefficient (Wildman–Crippen LogP) is 2.34. The first kappa shape index (κ1) is 12.2. The van der Waals surface area contributed by atoms with E-state index < -0.39 is 18.1 Å². The number of para-hydroxylation sites is 2. The van der Waals surface area contributed by atoms with Crippen LogP contribution in [0.3, 0.4) is 0 Å². The Morgan fingerprint density at radius 3 is 2.50 bits per heavy atom. The minimum Gasteiger partial charge on any atom is -0.404 e. The molecule has 0 aliphatic rings. The van der Waals surface area contributed by atoms with Crippen molar-refractivity contribution in [3.05, 3.63) is 24.3 Å². The molecule has 0 saturated heterocycles. The lowest BCUT2D eigenvalue weighted by Crippen LogP contribution is -2.25. The zero-order chi connectivity index (χ0) is 12.2. The Labute approximate surface area is 89.4 Å². The summed E-state index contributed by atoms with van der Waals surface area (Å²) >= 11 is 0. The lowest BCUT2D eigenvalue weighted by molar-refractivity contribution is -0.274. The van der Waals surface area contributed by atoms with Gasteiger partial charge in [-0.1, -0.05) is 12.1 Å². The lowest BCUT2D eigenvalue weighted by atomic mass is 10.3. The molecule has 2 amide bonds. The summed E-state index contributed by atoms with van der Waals surface area (Å²) in [7, 11) is 1.35. The number of carbonyl (C=O) groups excluding carboxylic acids is 1. The molecule has 1 aromatic rings. The molecular weight excluding hydrogens is 225 g/mol. The van der Waals surface area contributed by atoms with Crippen LogP contribution in [0.2, 0.25) is 0 Å². The van der Waals surface area contributed by atoms with Gasteiger partial charge in [-0.2, -0.15) is 0 Å². The molecule has 0 aliphatic heterocycles. The number of rotatable bonds is 2. The third-order valence-corrected chi connectivity index (χ3v) is 1.59. The Bertz CT molecular complexity index is 379. The van der Waals surface area contributed by atoms with Crippen LogP contribution in [0.15, 0.2) is 24.3 Å². The number of ether oxygens (including phenoxy) is 1. The van der Waals surface area contributed by atoms with Gasteiger partial charge in [-0.3, -0.25) is 0 Å². The molecule has 0 spiro atoms. The molecule has 0 aromatic heterocycles. The van der Waals surface area contributed by atoms with Gasteiger partial charge >= 0.3 is 12.4 Å². The second-order valence-electron chi connectivity index (χ2n) is 2.75. The van der Waals surface area contributed by atoms with Gasteiger partial charge in [-0.05, 0) is 12.1 Å². The molecule has 0 saturated carbocycles. The van der Waals surface area contributed by atoms with Crippen molar-refractivity contribution in [3.8, 4) is 5.75 Å². The Morgan fingerprint density at radius 2 is 1.94 bits per heavy atom. The Kier molecular flexibility index (Phi) is 3.60. The maximum atomic E-state index is 12.0. The number of hydrogen-bond donors (Lipinski definition) is 2. The second kappa shape index (κ2) is 4.73. The maximum Gasteiger partial charge on any atom is 0.573 e. The Hall–Kier alpha value is -1.92. The highest BCUT2D eigenvalue weighted by atomic mass is 19.4. The van der Waals surface area contributed by atoms with E-state index in [4.69, 9.17) is 0 Å². The van der Waals surface area contributed by atoms with Crippen LogP contribution in [0.5, 0.6) is 5.75 Å². The van der Waals surface area contributed by atoms with Crippen LogP contribution in [-0.2, 0) is 0 Å². The minimum atomic E-state index is -4.79. The van der Waals surface area contributed by atoms with Gasteiger partial charge in [-0.25, -0.2) is 4.79 Å². The van der Waals surface area contributed by atoms with Crippen molar-refractivity contribution >= 4 is 11.7 Å². The van der Waals surface area contributed by atoms with Crippen LogP contribution < -0.4 is 15.4 Å². The summed E-state index contributed by atoms with van der Waals surface area (Å²) in [6.45, 7) is 0. The summed E-state index contributed by atoms with van der Waals surface area (Å²) in [4.78, 5) is 10.9. The molecule has 0 heterocycles. The first-order chi connectivity index (χ1) is 7.42. The van der Waals surface area contributed by atoms with E-state index in [2.05, 4.69) is 15.4 Å². The summed E-state index contributed by atoms with van der Waals surface area (Å²) in [6, 6.07) is 4.64. The van der Waals surface area contributed by atoms with E-state index in [-0.39, 0.29) is 5.69 Å². The average Bonchev–Trinajstić information content (AvgIpc) is 2.18. The minimum absolute atomic E-state index is 0.0563. The number of urea groups is 1. The van der Waals surface area contributed by atoms with Gasteiger partial charge in [0.15, 0.2) is 5.75 Å². The molecule has 0 bridgehead atoms. The van der Waals surface area contributed by atoms with Crippen molar-refractivity contribution in [2.24, 2.45) is 0 Å². The first-order valence-corrected chi connectivity index (χ1v) is 4.26. The molecule has 4 nitrogen and oxygen atoms in total. The van der Waals surface area contributed by atoms with E-state index in [1.807, 2.05) is 0 Å². The van der Waals surface area contributed by atoms with Crippen LogP contribution in [0.1, 0.15) is 0 Å². The monoisotopic (exact) mass is 234 g/mol. The summed E-state index contributed by atoms with van der Waals surface area (Å²) in [6.07, 6.45) is -4.79. The zero-order valence-corrected chi connectivity index (χ0v) is 8.26. The highest BCUT2D eigenvalue weighted by Gasteiger charge is 2.32. The van der Waals surface area contributed by atoms with E-state index in [1.165, 1.54) is 25.2 Å². The molecule has 0 fully saturated rings. The van der Waals surface area contributed by atoms with E-state index in [0.717, 1.165) is 6.07 Å². The summed E-state index contributed by atoms with van der Waals surface area (Å²) in [5.41, 5.74) is -0.0563. The number of hydrogen-bond acceptors (Lipinski definition) is 2. The normalized spacial score (nSPS) is 10.8. The van der Waals surface area contributed by atoms with Gasteiger partial charge in [0.25, 0.3) is 0 Å². The van der Waals surface area contributed by atoms with Gasteiger partial charge in [0.2, 0.25) is 0 Å². The summed E-state index contributed by atoms with van der Waals surface area (Å²) < 4.78 is 39.7. The van der Waals surface area contributed by atoms with Crippen molar-refractivity contribution in [1.82, 2.24) is 5.32 Å². The highest BCUT2D eigenvalue weighted by Crippen LogP contribution is 2.29. The van der Waals surface area contributed by atoms with Crippen molar-refractivity contribution in [3.63, 3.8) is 0 Å². The SMILES string of the molecule is CNC(=O)Nc1ccccc1OC(F)(F)F. The molecule has 0 radical (unpaired) electrons. The van der Waals surface area contributed by atoms with Crippen LogP contribution in [0.25, 0.3) is 0 Å². The van der Waals surface area contributed by atoms with Gasteiger partial charge in [0.05, 0.1) is 5.69 Å². The molecule has 0 aliphatic carbocycles. The predicted molar refractivity (Wildman–Crippen MR) is 51.2 cm³/mol. The quantitative estimate of drug-likeness (QED) is 0.825. The van der Waals surface area contributed by atoms with E-state index >= 15 is 0 Å². The number of amides is 2. The van der Waals surface area contributed by atoms with Crippen LogP contribution >= 0.6 is 0 Å². The van der Waals surface area contributed by atoms with Gasteiger partial charge in [-0.15, -0.1) is 13.2 Å². The molecular formula is C9H9F3N2O2. The van der Waals surface area contributed by atoms with Gasteiger partial charge in [0.1, 0.15) is 0 Å². The largest absolute Gasteiger partial charge is 0.573 e. The molecule has 1 aromatic carbocycles. The summed E-state index contributed by atoms with van der Waals surface area (Å²) in [5.74, 6) is -0.460. The smallest absolute Gasteiger partial charge is 0.404 e. The standard InChI is InChI=1S/C9H9F3N2O2/c1-13-8(15)14-6-4-2-3-5-7(6)16-9(10,11)12/h2-5H,1H3,(H2,13,14,15). The van der Waals surface area contributed by atoms with Gasteiger partial charge < -0.3 is 15.4 Å². The van der Waals surface area contributed by atoms with Crippen LogP contribution in [0, 0.1) is 0 Å². The van der Waals surface area contributed by atoms with Gasteiger partial charge in [0, 0.05) is 7.05 Å². The van der Waals surface area contributed by atoms with E-state index in [9.17, 15) is 18.0 Å². The third-order valence-electron chi connectivity index (χ3n) is 1.59. The molecule has 16 heavy (non-hydrogen) atoms. The highest BCUT2D eigenvalue weighted by molar-refractivity contribution is 5.90. The molecule has 7 heteroatoms. The molecule has 2 N–H and O–H groups in total. The average molecular weight is 234 g/mol. The zero-order valence-electron chi connectivity index (χ0n) is 8.26. The van der Waals surface area contributed by atoms with Crippen molar-refractivity contribution in [2.75, 3.05) is 12.4 Å². The molecule has 0 unspecified atom stereocenters. The number of anilines is 1. The molecule has 1 rings (SSSR count). The van der Waals surface area contributed by atoms with Crippen molar-refractivity contribution in [1.29, 1.82) is 0 Å². The number of benzene rings is 1. The topological polar surface area (TPSA) is 50.4 Å². The fraction of sp³-hybridized carbons (Fsp3) is 0.222. The number of nitrogens with one attached hydrogen (secondary N) is 2. The second-order valence-corrected chi connectivity index (χ2v) is 2.75. The molecule has 88 valence electrons. The number of alkyl halides is 3. The van der Waals surface area contributed by atoms with E-state index in [1.54, 1.807) is 0 Å². The lowest BCUT2D eigenvalue weighted by Gasteiger charge is -2.13. The third kappa shape index (κ3) is 3.68. The maximum absolute atomic E-state index is 12.0. The summed E-state index contributed by atoms with van der Waals surface area (Å²) in [5, 5.41) is 4.42. The van der Waals surface area contributed by atoms with Crippen molar-refractivity contribution in [2.45, 2.75) is 6.36 Å². The number of carbonyl (C=O) groups is 1. The first-order valence-electron chi connectivity index (χ1n) is 4.26. The van der Waals surface area contributed by atoms with Crippen molar-refractivity contribution < 1.29 is 22.7 Å². The van der Waals surface area contributed by atoms with Crippen LogP contribution in [-0.4, -0.2) is 19.4 Å². The Balaban J connectivity index is 2.87. The number of halogens is 3. The fourth-order valence-corrected chi connectivity index (χ4v) is 0.968. The fourth-order valence-electron chi connectivity index (χ4n) is 0.968. The molecule has 0 atom stereocenters. The van der Waals surface area contributed by atoms with Crippen LogP contribution in [0.4, 0.5) is 23.7 Å².